The number of aryl methyl sites for hydroxylation is 4. The Morgan fingerprint density at radius 3 is 2.53 bits per heavy atom. The number of halogens is 6. The fourth-order valence-electron chi connectivity index (χ4n) is 5.13. The van der Waals surface area contributed by atoms with Crippen LogP contribution in [-0.4, -0.2) is 44.3 Å². The molecule has 0 N–H and O–H groups in total. The van der Waals surface area contributed by atoms with Crippen molar-refractivity contribution in [3.63, 3.8) is 0 Å². The van der Waals surface area contributed by atoms with E-state index >= 15 is 8.78 Å². The van der Waals surface area contributed by atoms with Crippen molar-refractivity contribution in [2.45, 2.75) is 45.2 Å². The highest BCUT2D eigenvalue weighted by Gasteiger charge is 2.43. The number of hydrogen-bond acceptors (Lipinski definition) is 7. The average molecular weight is 621 g/mol. The number of rotatable bonds is 5. The standard InChI is InChI=1S/C27H21ClF5N9O/c1-11-9-35-22(14-5-6-34-24(20(14)29)42-26(27(31,32)33)37-13(3)38-42)21(30)23(11)41-12(2)7-17(19(28)25(41)43)15-8-16(15)18-10-36-40(4)39-18/h5-7,9-10,15-16H,8H2,1-4H3/t15-,16-/m0/s1/i4D3. The Hall–Kier alpha value is -4.53. The van der Waals surface area contributed by atoms with E-state index in [0.717, 1.165) is 16.8 Å². The molecule has 1 aliphatic rings. The smallest absolute Gasteiger partial charge is 0.277 e. The largest absolute Gasteiger partial charge is 0.451 e. The van der Waals surface area contributed by atoms with E-state index in [-0.39, 0.29) is 44.3 Å². The first-order chi connectivity index (χ1) is 21.5. The fraction of sp³-hybridized carbons (Fsp3) is 0.296. The van der Waals surface area contributed by atoms with Crippen molar-refractivity contribution in [2.75, 3.05) is 0 Å². The van der Waals surface area contributed by atoms with E-state index in [4.69, 9.17) is 15.7 Å². The van der Waals surface area contributed by atoms with E-state index in [2.05, 4.69) is 30.2 Å². The highest BCUT2D eigenvalue weighted by Crippen LogP contribution is 2.55. The maximum Gasteiger partial charge on any atom is 0.451 e. The molecule has 1 saturated carbocycles. The van der Waals surface area contributed by atoms with Gasteiger partial charge in [-0.2, -0.15) is 32.8 Å². The lowest BCUT2D eigenvalue weighted by molar-refractivity contribution is -0.146. The minimum Gasteiger partial charge on any atom is -0.277 e. The van der Waals surface area contributed by atoms with E-state index in [1.165, 1.54) is 26.2 Å². The summed E-state index contributed by atoms with van der Waals surface area (Å²) in [7, 11) is 0. The van der Waals surface area contributed by atoms with Crippen molar-refractivity contribution in [2.24, 2.45) is 6.98 Å². The minimum atomic E-state index is -4.99. The summed E-state index contributed by atoms with van der Waals surface area (Å²) in [5, 5.41) is 11.2. The van der Waals surface area contributed by atoms with Gasteiger partial charge in [-0.1, -0.05) is 11.6 Å². The van der Waals surface area contributed by atoms with Crippen LogP contribution in [0.4, 0.5) is 22.0 Å². The van der Waals surface area contributed by atoms with Crippen LogP contribution < -0.4 is 5.56 Å². The number of nitrogens with zero attached hydrogens (tertiary/aromatic N) is 9. The van der Waals surface area contributed by atoms with Gasteiger partial charge in [0.25, 0.3) is 5.56 Å². The first-order valence-electron chi connectivity index (χ1n) is 14.1. The van der Waals surface area contributed by atoms with Crippen LogP contribution >= 0.6 is 11.6 Å². The van der Waals surface area contributed by atoms with Crippen molar-refractivity contribution in [1.29, 1.82) is 0 Å². The highest BCUT2D eigenvalue weighted by atomic mass is 35.5. The highest BCUT2D eigenvalue weighted by molar-refractivity contribution is 6.31. The second kappa shape index (κ2) is 10.0. The molecule has 6 rings (SSSR count). The van der Waals surface area contributed by atoms with Crippen LogP contribution in [0.2, 0.25) is 5.02 Å². The van der Waals surface area contributed by atoms with Crippen LogP contribution in [0.5, 0.6) is 0 Å². The summed E-state index contributed by atoms with van der Waals surface area (Å²) in [4.78, 5) is 25.3. The zero-order valence-corrected chi connectivity index (χ0v) is 23.2. The summed E-state index contributed by atoms with van der Waals surface area (Å²) in [5.41, 5.74) is -0.888. The van der Waals surface area contributed by atoms with Crippen molar-refractivity contribution >= 4 is 11.6 Å². The molecule has 222 valence electrons. The SMILES string of the molecule is [2H]C([2H])([2H])n1ncc([C@H]2C[C@@H]2c2cc(C)n(-c3c(C)cnc(-c4ccnc(-n5nc(C)nc5C(F)(F)F)c4F)c3F)c(=O)c2Cl)n1. The molecule has 0 spiro atoms. The Labute approximate surface area is 249 Å². The lowest BCUT2D eigenvalue weighted by Gasteiger charge is -2.18. The van der Waals surface area contributed by atoms with Gasteiger partial charge in [-0.05, 0) is 56.4 Å². The van der Waals surface area contributed by atoms with Crippen LogP contribution in [0, 0.1) is 32.4 Å². The summed E-state index contributed by atoms with van der Waals surface area (Å²) in [5.74, 6) is -5.72. The molecule has 0 saturated heterocycles. The van der Waals surface area contributed by atoms with Gasteiger partial charge in [0.2, 0.25) is 5.82 Å². The topological polar surface area (TPSA) is 109 Å². The Balaban J connectivity index is 1.41. The zero-order chi connectivity index (χ0) is 33.5. The summed E-state index contributed by atoms with van der Waals surface area (Å²) >= 11 is 6.54. The molecule has 16 heteroatoms. The molecule has 0 aromatic carbocycles. The van der Waals surface area contributed by atoms with Crippen LogP contribution in [0.3, 0.4) is 0 Å². The zero-order valence-electron chi connectivity index (χ0n) is 25.4. The van der Waals surface area contributed by atoms with E-state index in [1.54, 1.807) is 13.0 Å². The molecule has 0 amide bonds. The van der Waals surface area contributed by atoms with E-state index in [9.17, 15) is 18.0 Å². The van der Waals surface area contributed by atoms with E-state index in [0.29, 0.717) is 22.5 Å². The number of alkyl halides is 3. The quantitative estimate of drug-likeness (QED) is 0.250. The van der Waals surface area contributed by atoms with Crippen LogP contribution in [0.1, 0.15) is 56.5 Å². The van der Waals surface area contributed by atoms with Gasteiger partial charge in [-0.15, -0.1) is 5.10 Å². The molecular weight excluding hydrogens is 597 g/mol. The van der Waals surface area contributed by atoms with Gasteiger partial charge >= 0.3 is 6.18 Å². The summed E-state index contributed by atoms with van der Waals surface area (Å²) in [6, 6.07) is 2.63. The molecule has 10 nitrogen and oxygen atoms in total. The predicted octanol–water partition coefficient (Wildman–Crippen LogP) is 5.15. The molecule has 0 radical (unpaired) electrons. The van der Waals surface area contributed by atoms with Crippen molar-refractivity contribution < 1.29 is 26.1 Å². The fourth-order valence-corrected chi connectivity index (χ4v) is 5.41. The molecule has 2 atom stereocenters. The van der Waals surface area contributed by atoms with E-state index in [1.807, 2.05) is 0 Å². The molecule has 5 aromatic rings. The van der Waals surface area contributed by atoms with E-state index < -0.39 is 53.2 Å². The Morgan fingerprint density at radius 1 is 1.07 bits per heavy atom. The predicted molar refractivity (Wildman–Crippen MR) is 143 cm³/mol. The van der Waals surface area contributed by atoms with Gasteiger partial charge in [0.15, 0.2) is 17.5 Å². The Bertz CT molecular complexity index is 2090. The minimum absolute atomic E-state index is 0.182. The number of hydrogen-bond donors (Lipinski definition) is 0. The molecule has 5 heterocycles. The molecule has 1 fully saturated rings. The van der Waals surface area contributed by atoms with Gasteiger partial charge in [0.1, 0.15) is 16.5 Å². The van der Waals surface area contributed by atoms with Crippen molar-refractivity contribution in [1.82, 2.24) is 44.3 Å². The molecule has 43 heavy (non-hydrogen) atoms. The third-order valence-corrected chi connectivity index (χ3v) is 7.51. The number of aromatic nitrogens is 9. The van der Waals surface area contributed by atoms with Crippen LogP contribution in [0.15, 0.2) is 35.5 Å². The van der Waals surface area contributed by atoms with Gasteiger partial charge in [-0.3, -0.25) is 14.3 Å². The van der Waals surface area contributed by atoms with Gasteiger partial charge in [-0.25, -0.2) is 18.7 Å². The average Bonchev–Trinajstić information content (AvgIpc) is 3.38. The molecule has 5 aromatic heterocycles. The normalized spacial score (nSPS) is 17.9. The van der Waals surface area contributed by atoms with Crippen molar-refractivity contribution in [3.8, 4) is 22.8 Å². The second-order valence-electron chi connectivity index (χ2n) is 10.0. The monoisotopic (exact) mass is 620 g/mol. The Morgan fingerprint density at radius 2 is 1.84 bits per heavy atom. The Kier molecular flexibility index (Phi) is 5.84. The lowest BCUT2D eigenvalue weighted by Crippen LogP contribution is -2.24. The molecule has 0 bridgehead atoms. The molecule has 0 unspecified atom stereocenters. The second-order valence-corrected chi connectivity index (χ2v) is 10.4. The van der Waals surface area contributed by atoms with Crippen LogP contribution in [0.25, 0.3) is 22.8 Å². The molecule has 0 aliphatic heterocycles. The number of pyridine rings is 3. The molecule has 1 aliphatic carbocycles. The molecular formula is C27H21ClF5N9O. The summed E-state index contributed by atoms with van der Waals surface area (Å²) in [6.07, 6.45) is -0.981. The first kappa shape index (κ1) is 25.0. The lowest BCUT2D eigenvalue weighted by atomic mass is 10.1. The van der Waals surface area contributed by atoms with Gasteiger partial charge in [0.05, 0.1) is 17.6 Å². The third kappa shape index (κ3) is 4.76. The summed E-state index contributed by atoms with van der Waals surface area (Å²) < 4.78 is 96.4. The van der Waals surface area contributed by atoms with Crippen molar-refractivity contribution in [3.05, 3.63) is 91.9 Å². The maximum absolute atomic E-state index is 16.3. The van der Waals surface area contributed by atoms with Gasteiger partial charge in [0, 0.05) is 40.7 Å². The third-order valence-electron chi connectivity index (χ3n) is 7.13. The van der Waals surface area contributed by atoms with Gasteiger partial charge < -0.3 is 0 Å². The first-order valence-corrected chi connectivity index (χ1v) is 13.0. The van der Waals surface area contributed by atoms with Crippen LogP contribution in [-0.2, 0) is 13.2 Å². The summed E-state index contributed by atoms with van der Waals surface area (Å²) in [6.45, 7) is 1.65. The maximum atomic E-state index is 16.3.